The van der Waals surface area contributed by atoms with E-state index in [-0.39, 0.29) is 11.9 Å². The van der Waals surface area contributed by atoms with Crippen LogP contribution in [0.2, 0.25) is 0 Å². The zero-order valence-corrected chi connectivity index (χ0v) is 8.09. The summed E-state index contributed by atoms with van der Waals surface area (Å²) in [6.07, 6.45) is 1.98. The fraction of sp³-hybridized carbons (Fsp3) is 0.364. The number of piperidine rings is 1. The molecule has 2 rings (SSSR count). The summed E-state index contributed by atoms with van der Waals surface area (Å²) in [5, 5.41) is 2.71. The molecule has 1 aliphatic heterocycles. The van der Waals surface area contributed by atoms with Gasteiger partial charge in [-0.15, -0.1) is 0 Å². The third-order valence-corrected chi connectivity index (χ3v) is 2.52. The summed E-state index contributed by atoms with van der Waals surface area (Å²) in [6.45, 7) is 0. The number of rotatable bonds is 1. The van der Waals surface area contributed by atoms with Gasteiger partial charge in [-0.05, 0) is 30.5 Å². The lowest BCUT2D eigenvalue weighted by molar-refractivity contribution is -0.123. The summed E-state index contributed by atoms with van der Waals surface area (Å²) in [7, 11) is 0. The molecule has 1 atom stereocenters. The molecule has 1 fully saturated rings. The van der Waals surface area contributed by atoms with Crippen LogP contribution in [0.4, 0.5) is 8.78 Å². The molecule has 15 heavy (non-hydrogen) atoms. The first kappa shape index (κ1) is 10.1. The van der Waals surface area contributed by atoms with Crippen molar-refractivity contribution in [2.75, 3.05) is 0 Å². The third kappa shape index (κ3) is 2.32. The van der Waals surface area contributed by atoms with Crippen LogP contribution in [0.1, 0.15) is 30.9 Å². The van der Waals surface area contributed by atoms with Crippen molar-refractivity contribution in [3.8, 4) is 0 Å². The second-order valence-electron chi connectivity index (χ2n) is 3.72. The second-order valence-corrected chi connectivity index (χ2v) is 3.72. The number of carbonyl (C=O) groups is 1. The minimum Gasteiger partial charge on any atom is -0.349 e. The van der Waals surface area contributed by atoms with Gasteiger partial charge >= 0.3 is 0 Å². The van der Waals surface area contributed by atoms with Crippen LogP contribution in [-0.2, 0) is 4.79 Å². The molecule has 1 heterocycles. The first-order valence-electron chi connectivity index (χ1n) is 4.90. The summed E-state index contributed by atoms with van der Waals surface area (Å²) in [5.74, 6) is -1.27. The maximum absolute atomic E-state index is 12.9. The van der Waals surface area contributed by atoms with Crippen LogP contribution >= 0.6 is 0 Å². The molecular weight excluding hydrogens is 200 g/mol. The summed E-state index contributed by atoms with van der Waals surface area (Å²) in [5.41, 5.74) is 0.501. The average Bonchev–Trinajstić information content (AvgIpc) is 2.16. The number of benzene rings is 1. The van der Waals surface area contributed by atoms with E-state index in [1.165, 1.54) is 12.1 Å². The van der Waals surface area contributed by atoms with E-state index < -0.39 is 11.6 Å². The highest BCUT2D eigenvalue weighted by molar-refractivity contribution is 5.77. The average molecular weight is 211 g/mol. The number of carbonyl (C=O) groups excluding carboxylic acids is 1. The molecule has 80 valence electrons. The lowest BCUT2D eigenvalue weighted by atomic mass is 9.97. The molecule has 1 N–H and O–H groups in total. The molecule has 0 bridgehead atoms. The van der Waals surface area contributed by atoms with Crippen molar-refractivity contribution in [2.24, 2.45) is 0 Å². The van der Waals surface area contributed by atoms with E-state index >= 15 is 0 Å². The highest BCUT2D eigenvalue weighted by atomic mass is 19.1. The molecule has 0 spiro atoms. The fourth-order valence-corrected chi connectivity index (χ4v) is 1.83. The standard InChI is InChI=1S/C11H11F2NO/c12-8-4-7(5-9(13)6-8)10-2-1-3-11(15)14-10/h4-6,10H,1-3H2,(H,14,15). The Morgan fingerprint density at radius 1 is 1.20 bits per heavy atom. The van der Waals surface area contributed by atoms with E-state index in [1.54, 1.807) is 0 Å². The van der Waals surface area contributed by atoms with Crippen molar-refractivity contribution in [3.05, 3.63) is 35.4 Å². The molecule has 0 radical (unpaired) electrons. The monoisotopic (exact) mass is 211 g/mol. The van der Waals surface area contributed by atoms with Crippen LogP contribution < -0.4 is 5.32 Å². The number of hydrogen-bond donors (Lipinski definition) is 1. The SMILES string of the molecule is O=C1CCCC(c2cc(F)cc(F)c2)N1. The van der Waals surface area contributed by atoms with E-state index in [2.05, 4.69) is 5.32 Å². The van der Waals surface area contributed by atoms with Gasteiger partial charge < -0.3 is 5.32 Å². The summed E-state index contributed by atoms with van der Waals surface area (Å²) in [6, 6.07) is 3.10. The van der Waals surface area contributed by atoms with Crippen molar-refractivity contribution >= 4 is 5.91 Å². The van der Waals surface area contributed by atoms with Crippen molar-refractivity contribution in [1.29, 1.82) is 0 Å². The predicted molar refractivity (Wildman–Crippen MR) is 51.1 cm³/mol. The molecule has 4 heteroatoms. The van der Waals surface area contributed by atoms with E-state index in [4.69, 9.17) is 0 Å². The van der Waals surface area contributed by atoms with E-state index in [0.717, 1.165) is 18.9 Å². The first-order chi connectivity index (χ1) is 7.15. The Kier molecular flexibility index (Phi) is 2.66. The first-order valence-corrected chi connectivity index (χ1v) is 4.90. The molecule has 1 unspecified atom stereocenters. The highest BCUT2D eigenvalue weighted by Gasteiger charge is 2.20. The van der Waals surface area contributed by atoms with Gasteiger partial charge in [0.1, 0.15) is 11.6 Å². The van der Waals surface area contributed by atoms with Crippen molar-refractivity contribution in [3.63, 3.8) is 0 Å². The minimum absolute atomic E-state index is 0.0593. The molecule has 0 saturated carbocycles. The Hall–Kier alpha value is -1.45. The molecular formula is C11H11F2NO. The lowest BCUT2D eigenvalue weighted by Gasteiger charge is -2.23. The van der Waals surface area contributed by atoms with Crippen LogP contribution in [0.25, 0.3) is 0 Å². The van der Waals surface area contributed by atoms with Crippen molar-refractivity contribution < 1.29 is 13.6 Å². The Morgan fingerprint density at radius 2 is 1.87 bits per heavy atom. The van der Waals surface area contributed by atoms with Crippen LogP contribution in [0.15, 0.2) is 18.2 Å². The second kappa shape index (κ2) is 3.96. The summed E-state index contributed by atoms with van der Waals surface area (Å²) in [4.78, 5) is 11.1. The number of amides is 1. The van der Waals surface area contributed by atoms with Gasteiger partial charge in [0.25, 0.3) is 0 Å². The Labute approximate surface area is 86.3 Å². The zero-order chi connectivity index (χ0) is 10.8. The van der Waals surface area contributed by atoms with Gasteiger partial charge in [0.2, 0.25) is 5.91 Å². The van der Waals surface area contributed by atoms with E-state index in [9.17, 15) is 13.6 Å². The van der Waals surface area contributed by atoms with Gasteiger partial charge in [0.15, 0.2) is 0 Å². The van der Waals surface area contributed by atoms with Gasteiger partial charge in [-0.1, -0.05) is 0 Å². The number of nitrogens with one attached hydrogen (secondary N) is 1. The molecule has 1 aromatic rings. The smallest absolute Gasteiger partial charge is 0.220 e. The Morgan fingerprint density at radius 3 is 2.47 bits per heavy atom. The zero-order valence-electron chi connectivity index (χ0n) is 8.09. The summed E-state index contributed by atoms with van der Waals surface area (Å²) >= 11 is 0. The van der Waals surface area contributed by atoms with Gasteiger partial charge in [0, 0.05) is 12.5 Å². The van der Waals surface area contributed by atoms with Crippen molar-refractivity contribution in [1.82, 2.24) is 5.32 Å². The topological polar surface area (TPSA) is 29.1 Å². The maximum atomic E-state index is 12.9. The third-order valence-electron chi connectivity index (χ3n) is 2.52. The molecule has 1 saturated heterocycles. The maximum Gasteiger partial charge on any atom is 0.220 e. The predicted octanol–water partition coefficient (Wildman–Crippen LogP) is 2.31. The minimum atomic E-state index is -0.607. The normalized spacial score (nSPS) is 21.2. The summed E-state index contributed by atoms with van der Waals surface area (Å²) < 4.78 is 25.9. The molecule has 1 amide bonds. The fourth-order valence-electron chi connectivity index (χ4n) is 1.83. The van der Waals surface area contributed by atoms with Gasteiger partial charge in [-0.2, -0.15) is 0 Å². The molecule has 0 aromatic heterocycles. The molecule has 1 aromatic carbocycles. The Bertz CT molecular complexity index is 372. The number of hydrogen-bond acceptors (Lipinski definition) is 1. The quantitative estimate of drug-likeness (QED) is 0.758. The van der Waals surface area contributed by atoms with Crippen LogP contribution in [-0.4, -0.2) is 5.91 Å². The van der Waals surface area contributed by atoms with Crippen LogP contribution in [0.5, 0.6) is 0 Å². The largest absolute Gasteiger partial charge is 0.349 e. The highest BCUT2D eigenvalue weighted by Crippen LogP contribution is 2.24. The molecule has 2 nitrogen and oxygen atoms in total. The van der Waals surface area contributed by atoms with Gasteiger partial charge in [-0.3, -0.25) is 4.79 Å². The number of halogens is 2. The molecule has 1 aliphatic rings. The van der Waals surface area contributed by atoms with Gasteiger partial charge in [0.05, 0.1) is 6.04 Å². The van der Waals surface area contributed by atoms with E-state index in [1.807, 2.05) is 0 Å². The van der Waals surface area contributed by atoms with Crippen molar-refractivity contribution in [2.45, 2.75) is 25.3 Å². The van der Waals surface area contributed by atoms with Crippen LogP contribution in [0, 0.1) is 11.6 Å². The van der Waals surface area contributed by atoms with E-state index in [0.29, 0.717) is 12.0 Å². The molecule has 0 aliphatic carbocycles. The lowest BCUT2D eigenvalue weighted by Crippen LogP contribution is -2.32. The van der Waals surface area contributed by atoms with Gasteiger partial charge in [-0.25, -0.2) is 8.78 Å². The van der Waals surface area contributed by atoms with Crippen LogP contribution in [0.3, 0.4) is 0 Å². The Balaban J connectivity index is 2.24.